The number of rotatable bonds is 3. The van der Waals surface area contributed by atoms with Gasteiger partial charge in [-0.05, 0) is 18.6 Å². The van der Waals surface area contributed by atoms with Gasteiger partial charge in [0.15, 0.2) is 5.96 Å². The summed E-state index contributed by atoms with van der Waals surface area (Å²) in [7, 11) is 1.97. The molecule has 2 heterocycles. The van der Waals surface area contributed by atoms with Crippen LogP contribution in [-0.4, -0.2) is 40.3 Å². The van der Waals surface area contributed by atoms with Crippen molar-refractivity contribution in [2.75, 3.05) is 19.6 Å². The van der Waals surface area contributed by atoms with Crippen molar-refractivity contribution in [1.82, 2.24) is 20.0 Å². The lowest BCUT2D eigenvalue weighted by Gasteiger charge is -2.18. The quantitative estimate of drug-likeness (QED) is 0.930. The largest absolute Gasteiger partial charge is 0.352 e. The standard InChI is InChI=1S/C14H19N5.BrH/c1-3-19-7-6-15-14(19)16-9-11-4-5-12-10-17-18(2)13(12)8-11;/h4-5,8,10H,3,6-7,9H2,1-2H3,(H,15,16);1H. The molecule has 0 radical (unpaired) electrons. The third kappa shape index (κ3) is 2.80. The Hall–Kier alpha value is -1.56. The van der Waals surface area contributed by atoms with Crippen molar-refractivity contribution in [2.24, 2.45) is 12.0 Å². The molecule has 0 saturated carbocycles. The number of aryl methyl sites for hydroxylation is 1. The predicted molar refractivity (Wildman–Crippen MR) is 87.4 cm³/mol. The van der Waals surface area contributed by atoms with Crippen molar-refractivity contribution < 1.29 is 0 Å². The number of halogens is 1. The van der Waals surface area contributed by atoms with Gasteiger partial charge in [-0.15, -0.1) is 17.0 Å². The maximum atomic E-state index is 4.49. The molecule has 0 aliphatic carbocycles. The van der Waals surface area contributed by atoms with E-state index in [2.05, 4.69) is 45.4 Å². The second-order valence-electron chi connectivity index (χ2n) is 4.80. The number of nitrogens with zero attached hydrogens (tertiary/aromatic N) is 4. The fourth-order valence-electron chi connectivity index (χ4n) is 2.44. The molecule has 0 bridgehead atoms. The number of hydrogen-bond donors (Lipinski definition) is 1. The zero-order valence-corrected chi connectivity index (χ0v) is 13.5. The van der Waals surface area contributed by atoms with Crippen LogP contribution in [0.5, 0.6) is 0 Å². The van der Waals surface area contributed by atoms with Gasteiger partial charge in [0, 0.05) is 32.1 Å². The van der Waals surface area contributed by atoms with Gasteiger partial charge < -0.3 is 10.2 Å². The number of nitrogens with one attached hydrogen (secondary N) is 1. The van der Waals surface area contributed by atoms with Crippen LogP contribution in [0.15, 0.2) is 29.4 Å². The molecule has 1 aliphatic heterocycles. The van der Waals surface area contributed by atoms with Crippen molar-refractivity contribution in [2.45, 2.75) is 13.5 Å². The average molecular weight is 338 g/mol. The highest BCUT2D eigenvalue weighted by Crippen LogP contribution is 2.14. The van der Waals surface area contributed by atoms with Crippen LogP contribution in [0, 0.1) is 0 Å². The Morgan fingerprint density at radius 2 is 2.20 bits per heavy atom. The first-order valence-electron chi connectivity index (χ1n) is 6.72. The number of guanidine groups is 1. The van der Waals surface area contributed by atoms with Gasteiger partial charge >= 0.3 is 0 Å². The summed E-state index contributed by atoms with van der Waals surface area (Å²) >= 11 is 0. The minimum absolute atomic E-state index is 0. The molecule has 0 atom stereocenters. The summed E-state index contributed by atoms with van der Waals surface area (Å²) in [5.74, 6) is 1.02. The van der Waals surface area contributed by atoms with Gasteiger partial charge in [0.1, 0.15) is 0 Å². The van der Waals surface area contributed by atoms with Crippen LogP contribution >= 0.6 is 17.0 Å². The van der Waals surface area contributed by atoms with Gasteiger partial charge in [-0.25, -0.2) is 0 Å². The van der Waals surface area contributed by atoms with E-state index in [4.69, 9.17) is 0 Å². The zero-order chi connectivity index (χ0) is 13.2. The lowest BCUT2D eigenvalue weighted by molar-refractivity contribution is 0.466. The Kier molecular flexibility index (Phi) is 4.65. The van der Waals surface area contributed by atoms with Gasteiger partial charge in [0.2, 0.25) is 0 Å². The first-order chi connectivity index (χ1) is 9.28. The van der Waals surface area contributed by atoms with E-state index in [0.29, 0.717) is 0 Å². The second kappa shape index (κ2) is 6.26. The Morgan fingerprint density at radius 3 is 3.00 bits per heavy atom. The van der Waals surface area contributed by atoms with E-state index in [-0.39, 0.29) is 17.0 Å². The molecule has 2 aromatic rings. The van der Waals surface area contributed by atoms with E-state index in [1.807, 2.05) is 17.9 Å². The van der Waals surface area contributed by atoms with Crippen LogP contribution in [0.25, 0.3) is 10.9 Å². The zero-order valence-electron chi connectivity index (χ0n) is 11.8. The maximum Gasteiger partial charge on any atom is 0.194 e. The molecule has 3 rings (SSSR count). The molecule has 6 heteroatoms. The second-order valence-corrected chi connectivity index (χ2v) is 4.80. The Morgan fingerprint density at radius 1 is 1.35 bits per heavy atom. The van der Waals surface area contributed by atoms with E-state index in [1.165, 1.54) is 16.5 Å². The van der Waals surface area contributed by atoms with Crippen molar-refractivity contribution in [1.29, 1.82) is 0 Å². The highest BCUT2D eigenvalue weighted by atomic mass is 79.9. The normalized spacial score (nSPS) is 14.3. The molecule has 1 aromatic carbocycles. The molecule has 1 N–H and O–H groups in total. The number of hydrogen-bond acceptors (Lipinski definition) is 4. The number of benzene rings is 1. The van der Waals surface area contributed by atoms with E-state index < -0.39 is 0 Å². The molecule has 0 spiro atoms. The Labute approximate surface area is 129 Å². The van der Waals surface area contributed by atoms with Gasteiger partial charge in [-0.1, -0.05) is 12.1 Å². The van der Waals surface area contributed by atoms with Gasteiger partial charge in [0.05, 0.1) is 18.3 Å². The van der Waals surface area contributed by atoms with Gasteiger partial charge in [0.25, 0.3) is 0 Å². The predicted octanol–water partition coefficient (Wildman–Crippen LogP) is 1.93. The highest BCUT2D eigenvalue weighted by molar-refractivity contribution is 8.93. The summed E-state index contributed by atoms with van der Waals surface area (Å²) in [6.45, 7) is 5.89. The van der Waals surface area contributed by atoms with Gasteiger partial charge in [-0.3, -0.25) is 9.67 Å². The summed E-state index contributed by atoms with van der Waals surface area (Å²) in [6.07, 6.45) is 1.90. The summed E-state index contributed by atoms with van der Waals surface area (Å²) in [5, 5.41) is 8.87. The molecule has 0 amide bonds. The van der Waals surface area contributed by atoms with Crippen LogP contribution < -0.4 is 5.32 Å². The van der Waals surface area contributed by atoms with E-state index in [1.54, 1.807) is 0 Å². The summed E-state index contributed by atoms with van der Waals surface area (Å²) in [4.78, 5) is 6.75. The number of aromatic nitrogens is 2. The van der Waals surface area contributed by atoms with Crippen LogP contribution in [0.4, 0.5) is 0 Å². The fraction of sp³-hybridized carbons (Fsp3) is 0.429. The molecule has 108 valence electrons. The fourth-order valence-corrected chi connectivity index (χ4v) is 2.44. The molecule has 1 aliphatic rings. The summed E-state index contributed by atoms with van der Waals surface area (Å²) < 4.78 is 1.91. The lowest BCUT2D eigenvalue weighted by atomic mass is 10.1. The Bertz CT molecular complexity index is 619. The van der Waals surface area contributed by atoms with E-state index >= 15 is 0 Å². The monoisotopic (exact) mass is 337 g/mol. The molecule has 5 nitrogen and oxygen atoms in total. The van der Waals surface area contributed by atoms with Crippen molar-refractivity contribution in [3.63, 3.8) is 0 Å². The number of aliphatic imine (C=N–C) groups is 1. The van der Waals surface area contributed by atoms with Crippen LogP contribution in [0.3, 0.4) is 0 Å². The van der Waals surface area contributed by atoms with Crippen LogP contribution in [0.1, 0.15) is 12.5 Å². The maximum absolute atomic E-state index is 4.49. The average Bonchev–Trinajstić information content (AvgIpc) is 3.03. The first kappa shape index (κ1) is 14.8. The Balaban J connectivity index is 0.00000147. The molecule has 20 heavy (non-hydrogen) atoms. The third-order valence-corrected chi connectivity index (χ3v) is 3.58. The molecule has 0 fully saturated rings. The molecule has 0 unspecified atom stereocenters. The molecular formula is C14H20BrN5. The van der Waals surface area contributed by atoms with Crippen molar-refractivity contribution in [3.05, 3.63) is 30.0 Å². The minimum atomic E-state index is 0. The van der Waals surface area contributed by atoms with E-state index in [9.17, 15) is 0 Å². The number of fused-ring (bicyclic) bond motifs is 1. The summed E-state index contributed by atoms with van der Waals surface area (Å²) in [5.41, 5.74) is 2.42. The molecular weight excluding hydrogens is 318 g/mol. The topological polar surface area (TPSA) is 45.4 Å². The number of likely N-dealkylation sites (N-methyl/N-ethyl adjacent to an activating group) is 1. The highest BCUT2D eigenvalue weighted by Gasteiger charge is 2.14. The SMILES string of the molecule is Br.CCN1CCN=C1NCc1ccc2cnn(C)c2c1. The van der Waals surface area contributed by atoms with Crippen molar-refractivity contribution in [3.8, 4) is 0 Å². The van der Waals surface area contributed by atoms with Gasteiger partial charge in [-0.2, -0.15) is 5.10 Å². The van der Waals surface area contributed by atoms with E-state index in [0.717, 1.165) is 32.1 Å². The smallest absolute Gasteiger partial charge is 0.194 e. The summed E-state index contributed by atoms with van der Waals surface area (Å²) in [6, 6.07) is 6.44. The third-order valence-electron chi connectivity index (χ3n) is 3.58. The lowest BCUT2D eigenvalue weighted by Crippen LogP contribution is -2.37. The van der Waals surface area contributed by atoms with Crippen molar-refractivity contribution >= 4 is 33.8 Å². The molecule has 1 aromatic heterocycles. The van der Waals surface area contributed by atoms with Crippen LogP contribution in [0.2, 0.25) is 0 Å². The molecule has 0 saturated heterocycles. The first-order valence-corrected chi connectivity index (χ1v) is 6.72. The van der Waals surface area contributed by atoms with Crippen LogP contribution in [-0.2, 0) is 13.6 Å². The minimum Gasteiger partial charge on any atom is -0.352 e.